The number of hydrogen-bond acceptors (Lipinski definition) is 4. The van der Waals surface area contributed by atoms with Crippen LogP contribution in [0.4, 0.5) is 5.69 Å². The standard InChI is InChI=1S/C19H29N5S/c1-15(2)17-14-25-18(23-17)13-22-19(20-3)21-11-8-12-24(4)16-9-6-5-7-10-16/h5-7,9-10,14-15H,8,11-13H2,1-4H3,(H2,20,21,22). The van der Waals surface area contributed by atoms with Gasteiger partial charge in [0.2, 0.25) is 0 Å². The first-order valence-corrected chi connectivity index (χ1v) is 9.63. The van der Waals surface area contributed by atoms with Crippen molar-refractivity contribution >= 4 is 23.0 Å². The van der Waals surface area contributed by atoms with E-state index >= 15 is 0 Å². The Bertz CT molecular complexity index is 651. The summed E-state index contributed by atoms with van der Waals surface area (Å²) >= 11 is 1.70. The summed E-state index contributed by atoms with van der Waals surface area (Å²) in [4.78, 5) is 11.2. The molecule has 0 fully saturated rings. The van der Waals surface area contributed by atoms with Gasteiger partial charge in [0.15, 0.2) is 5.96 Å². The molecular weight excluding hydrogens is 330 g/mol. The van der Waals surface area contributed by atoms with Crippen LogP contribution in [-0.4, -0.2) is 38.1 Å². The number of hydrogen-bond donors (Lipinski definition) is 2. The number of aliphatic imine (C=N–C) groups is 1. The zero-order valence-corrected chi connectivity index (χ0v) is 16.4. The second-order valence-electron chi connectivity index (χ2n) is 6.28. The average Bonchev–Trinajstić information content (AvgIpc) is 3.11. The molecular formula is C19H29N5S. The molecule has 0 bridgehead atoms. The Kier molecular flexibility index (Phi) is 7.73. The predicted molar refractivity (Wildman–Crippen MR) is 109 cm³/mol. The number of anilines is 1. The van der Waals surface area contributed by atoms with Gasteiger partial charge in [-0.25, -0.2) is 4.98 Å². The van der Waals surface area contributed by atoms with Crippen LogP contribution in [0.3, 0.4) is 0 Å². The first-order valence-electron chi connectivity index (χ1n) is 8.75. The molecule has 2 aromatic rings. The van der Waals surface area contributed by atoms with E-state index < -0.39 is 0 Å². The highest BCUT2D eigenvalue weighted by Gasteiger charge is 2.06. The molecule has 0 aliphatic heterocycles. The molecule has 1 aromatic heterocycles. The smallest absolute Gasteiger partial charge is 0.191 e. The molecule has 1 aromatic carbocycles. The van der Waals surface area contributed by atoms with E-state index in [0.717, 1.165) is 36.2 Å². The molecule has 2 N–H and O–H groups in total. The number of benzene rings is 1. The van der Waals surface area contributed by atoms with E-state index in [1.165, 1.54) is 5.69 Å². The van der Waals surface area contributed by atoms with Crippen LogP contribution in [0.2, 0.25) is 0 Å². The van der Waals surface area contributed by atoms with Gasteiger partial charge in [-0.3, -0.25) is 4.99 Å². The molecule has 1 heterocycles. The molecule has 0 saturated heterocycles. The number of para-hydroxylation sites is 1. The second kappa shape index (κ2) is 10.0. The Balaban J connectivity index is 1.68. The molecule has 25 heavy (non-hydrogen) atoms. The van der Waals surface area contributed by atoms with Gasteiger partial charge in [-0.15, -0.1) is 11.3 Å². The molecule has 0 aliphatic carbocycles. The Labute approximate surface area is 155 Å². The lowest BCUT2D eigenvalue weighted by Gasteiger charge is -2.19. The van der Waals surface area contributed by atoms with E-state index in [1.807, 2.05) is 6.07 Å². The van der Waals surface area contributed by atoms with E-state index in [4.69, 9.17) is 0 Å². The maximum Gasteiger partial charge on any atom is 0.191 e. The van der Waals surface area contributed by atoms with Crippen LogP contribution in [0.25, 0.3) is 0 Å². The summed E-state index contributed by atoms with van der Waals surface area (Å²) in [6.07, 6.45) is 1.04. The van der Waals surface area contributed by atoms with Gasteiger partial charge in [0.25, 0.3) is 0 Å². The Morgan fingerprint density at radius 2 is 2.00 bits per heavy atom. The van der Waals surface area contributed by atoms with E-state index in [9.17, 15) is 0 Å². The van der Waals surface area contributed by atoms with Gasteiger partial charge in [0, 0.05) is 38.3 Å². The van der Waals surface area contributed by atoms with Crippen LogP contribution in [0.1, 0.15) is 36.9 Å². The zero-order chi connectivity index (χ0) is 18.1. The quantitative estimate of drug-likeness (QED) is 0.431. The van der Waals surface area contributed by atoms with Crippen LogP contribution in [0.15, 0.2) is 40.7 Å². The highest BCUT2D eigenvalue weighted by molar-refractivity contribution is 7.09. The van der Waals surface area contributed by atoms with Crippen LogP contribution in [0, 0.1) is 0 Å². The van der Waals surface area contributed by atoms with Crippen molar-refractivity contribution in [1.82, 2.24) is 15.6 Å². The molecule has 0 spiro atoms. The molecule has 136 valence electrons. The molecule has 2 rings (SSSR count). The summed E-state index contributed by atoms with van der Waals surface area (Å²) in [5, 5.41) is 9.93. The molecule has 0 aliphatic rings. The van der Waals surface area contributed by atoms with Crippen molar-refractivity contribution in [3.8, 4) is 0 Å². The van der Waals surface area contributed by atoms with Gasteiger partial charge in [-0.1, -0.05) is 32.0 Å². The van der Waals surface area contributed by atoms with Crippen molar-refractivity contribution in [1.29, 1.82) is 0 Å². The lowest BCUT2D eigenvalue weighted by molar-refractivity contribution is 0.727. The van der Waals surface area contributed by atoms with Crippen molar-refractivity contribution < 1.29 is 0 Å². The first kappa shape index (κ1) is 19.2. The summed E-state index contributed by atoms with van der Waals surface area (Å²) < 4.78 is 0. The molecule has 0 amide bonds. The Morgan fingerprint density at radius 1 is 1.24 bits per heavy atom. The molecule has 5 nitrogen and oxygen atoms in total. The van der Waals surface area contributed by atoms with Crippen molar-refractivity contribution in [3.63, 3.8) is 0 Å². The largest absolute Gasteiger partial charge is 0.375 e. The van der Waals surface area contributed by atoms with Gasteiger partial charge in [0.05, 0.1) is 12.2 Å². The second-order valence-corrected chi connectivity index (χ2v) is 7.23. The van der Waals surface area contributed by atoms with E-state index in [-0.39, 0.29) is 0 Å². The predicted octanol–water partition coefficient (Wildman–Crippen LogP) is 3.46. The van der Waals surface area contributed by atoms with Crippen molar-refractivity contribution in [2.24, 2.45) is 4.99 Å². The average molecular weight is 360 g/mol. The van der Waals surface area contributed by atoms with Crippen LogP contribution >= 0.6 is 11.3 Å². The van der Waals surface area contributed by atoms with Gasteiger partial charge >= 0.3 is 0 Å². The molecule has 0 radical (unpaired) electrons. The topological polar surface area (TPSA) is 52.6 Å². The van der Waals surface area contributed by atoms with Crippen molar-refractivity contribution in [2.75, 3.05) is 32.1 Å². The summed E-state index contributed by atoms with van der Waals surface area (Å²) in [6.45, 7) is 6.92. The first-order chi connectivity index (χ1) is 12.1. The van der Waals surface area contributed by atoms with Crippen LogP contribution in [0.5, 0.6) is 0 Å². The van der Waals surface area contributed by atoms with Gasteiger partial charge in [0.1, 0.15) is 5.01 Å². The normalized spacial score (nSPS) is 11.6. The molecule has 6 heteroatoms. The van der Waals surface area contributed by atoms with Gasteiger partial charge in [-0.05, 0) is 24.5 Å². The Hall–Kier alpha value is -2.08. The third-order valence-electron chi connectivity index (χ3n) is 3.95. The number of rotatable bonds is 8. The summed E-state index contributed by atoms with van der Waals surface area (Å²) in [5.74, 6) is 1.30. The van der Waals surface area contributed by atoms with Gasteiger partial charge < -0.3 is 15.5 Å². The number of aromatic nitrogens is 1. The van der Waals surface area contributed by atoms with E-state index in [1.54, 1.807) is 18.4 Å². The van der Waals surface area contributed by atoms with Gasteiger partial charge in [-0.2, -0.15) is 0 Å². The minimum atomic E-state index is 0.476. The molecule has 0 atom stereocenters. The highest BCUT2D eigenvalue weighted by atomic mass is 32.1. The van der Waals surface area contributed by atoms with Crippen LogP contribution < -0.4 is 15.5 Å². The number of nitrogens with zero attached hydrogens (tertiary/aromatic N) is 3. The Morgan fingerprint density at radius 3 is 2.64 bits per heavy atom. The maximum absolute atomic E-state index is 4.64. The SMILES string of the molecule is CN=C(NCCCN(C)c1ccccc1)NCc1nc(C(C)C)cs1. The fraction of sp³-hybridized carbons (Fsp3) is 0.474. The zero-order valence-electron chi connectivity index (χ0n) is 15.6. The molecule has 0 unspecified atom stereocenters. The lowest BCUT2D eigenvalue weighted by atomic mass is 10.2. The summed E-state index contributed by atoms with van der Waals surface area (Å²) in [5.41, 5.74) is 2.41. The minimum Gasteiger partial charge on any atom is -0.375 e. The van der Waals surface area contributed by atoms with Crippen molar-refractivity contribution in [3.05, 3.63) is 46.4 Å². The maximum atomic E-state index is 4.64. The highest BCUT2D eigenvalue weighted by Crippen LogP contribution is 2.17. The minimum absolute atomic E-state index is 0.476. The third kappa shape index (κ3) is 6.38. The molecule has 0 saturated carbocycles. The summed E-state index contributed by atoms with van der Waals surface area (Å²) in [6, 6.07) is 10.4. The van der Waals surface area contributed by atoms with Crippen LogP contribution in [-0.2, 0) is 6.54 Å². The number of nitrogens with one attached hydrogen (secondary N) is 2. The van der Waals surface area contributed by atoms with E-state index in [2.05, 4.69) is 76.1 Å². The number of thiazole rings is 1. The third-order valence-corrected chi connectivity index (χ3v) is 4.82. The summed E-state index contributed by atoms with van der Waals surface area (Å²) in [7, 11) is 3.92. The number of guanidine groups is 1. The fourth-order valence-corrected chi connectivity index (χ4v) is 3.28. The fourth-order valence-electron chi connectivity index (χ4n) is 2.39. The van der Waals surface area contributed by atoms with E-state index in [0.29, 0.717) is 12.5 Å². The van der Waals surface area contributed by atoms with Crippen molar-refractivity contribution in [2.45, 2.75) is 32.7 Å². The lowest BCUT2D eigenvalue weighted by Crippen LogP contribution is -2.38. The monoisotopic (exact) mass is 359 g/mol.